The minimum atomic E-state index is -0.883. The smallest absolute Gasteiger partial charge is 0.307 e. The van der Waals surface area contributed by atoms with E-state index in [9.17, 15) is 9.59 Å². The van der Waals surface area contributed by atoms with Crippen LogP contribution in [-0.4, -0.2) is 17.0 Å². The largest absolute Gasteiger partial charge is 0.481 e. The molecule has 17 heavy (non-hydrogen) atoms. The van der Waals surface area contributed by atoms with Gasteiger partial charge in [0.2, 0.25) is 5.91 Å². The molecular weight excluding hydrogens is 218 g/mol. The van der Waals surface area contributed by atoms with Gasteiger partial charge in [0.25, 0.3) is 0 Å². The van der Waals surface area contributed by atoms with Gasteiger partial charge in [-0.05, 0) is 37.5 Å². The van der Waals surface area contributed by atoms with Crippen LogP contribution in [0.15, 0.2) is 18.2 Å². The molecule has 0 aliphatic heterocycles. The van der Waals surface area contributed by atoms with Crippen molar-refractivity contribution in [1.29, 1.82) is 0 Å². The van der Waals surface area contributed by atoms with Crippen molar-refractivity contribution in [2.45, 2.75) is 20.3 Å². The Balaban J connectivity index is 2.04. The molecule has 4 nitrogen and oxygen atoms in total. The zero-order chi connectivity index (χ0) is 12.6. The predicted molar refractivity (Wildman–Crippen MR) is 63.8 cm³/mol. The molecule has 0 spiro atoms. The molecule has 90 valence electrons. The number of amides is 1. The van der Waals surface area contributed by atoms with Crippen LogP contribution in [0, 0.1) is 25.7 Å². The number of anilines is 1. The van der Waals surface area contributed by atoms with E-state index in [1.165, 1.54) is 0 Å². The molecule has 1 aliphatic carbocycles. The first-order valence-electron chi connectivity index (χ1n) is 5.60. The Hall–Kier alpha value is -1.84. The Morgan fingerprint density at radius 1 is 1.29 bits per heavy atom. The molecule has 1 amide bonds. The molecule has 0 bridgehead atoms. The van der Waals surface area contributed by atoms with Crippen molar-refractivity contribution in [1.82, 2.24) is 0 Å². The van der Waals surface area contributed by atoms with E-state index < -0.39 is 11.9 Å². The summed E-state index contributed by atoms with van der Waals surface area (Å²) >= 11 is 0. The lowest BCUT2D eigenvalue weighted by atomic mass is 10.1. The van der Waals surface area contributed by atoms with E-state index in [2.05, 4.69) is 5.32 Å². The number of hydrogen-bond donors (Lipinski definition) is 2. The summed E-state index contributed by atoms with van der Waals surface area (Å²) < 4.78 is 0. The number of aliphatic carboxylic acids is 1. The van der Waals surface area contributed by atoms with Crippen molar-refractivity contribution in [2.24, 2.45) is 11.8 Å². The van der Waals surface area contributed by atoms with Gasteiger partial charge < -0.3 is 10.4 Å². The van der Waals surface area contributed by atoms with E-state index >= 15 is 0 Å². The van der Waals surface area contributed by atoms with Gasteiger partial charge in [0.15, 0.2) is 0 Å². The Bertz CT molecular complexity index is 482. The average molecular weight is 233 g/mol. The number of hydrogen-bond acceptors (Lipinski definition) is 2. The van der Waals surface area contributed by atoms with Crippen LogP contribution in [0.4, 0.5) is 5.69 Å². The summed E-state index contributed by atoms with van der Waals surface area (Å²) in [5, 5.41) is 11.6. The highest BCUT2D eigenvalue weighted by Gasteiger charge is 2.48. The van der Waals surface area contributed by atoms with Gasteiger partial charge in [-0.2, -0.15) is 0 Å². The molecule has 1 fully saturated rings. The summed E-state index contributed by atoms with van der Waals surface area (Å²) in [7, 11) is 0. The second-order valence-corrected chi connectivity index (χ2v) is 4.59. The van der Waals surface area contributed by atoms with E-state index in [0.717, 1.165) is 16.8 Å². The molecule has 0 saturated heterocycles. The van der Waals surface area contributed by atoms with Crippen LogP contribution in [-0.2, 0) is 9.59 Å². The van der Waals surface area contributed by atoms with Crippen molar-refractivity contribution >= 4 is 17.6 Å². The van der Waals surface area contributed by atoms with E-state index in [-0.39, 0.29) is 11.8 Å². The molecule has 0 heterocycles. The highest BCUT2D eigenvalue weighted by atomic mass is 16.4. The molecule has 4 heteroatoms. The zero-order valence-corrected chi connectivity index (χ0v) is 9.86. The summed E-state index contributed by atoms with van der Waals surface area (Å²) in [6.45, 7) is 3.86. The molecule has 1 aromatic rings. The molecule has 1 aromatic carbocycles. The summed E-state index contributed by atoms with van der Waals surface area (Å²) in [6, 6.07) is 5.81. The lowest BCUT2D eigenvalue weighted by molar-refractivity contribution is -0.139. The predicted octanol–water partition coefficient (Wildman–Crippen LogP) is 1.96. The summed E-state index contributed by atoms with van der Waals surface area (Å²) in [5.74, 6) is -1.94. The van der Waals surface area contributed by atoms with Gasteiger partial charge in [0.05, 0.1) is 11.8 Å². The van der Waals surface area contributed by atoms with Crippen LogP contribution in [0.3, 0.4) is 0 Å². The average Bonchev–Trinajstić information content (AvgIpc) is 3.03. The fourth-order valence-corrected chi connectivity index (χ4v) is 1.85. The molecular formula is C13H15NO3. The number of carbonyl (C=O) groups is 2. The van der Waals surface area contributed by atoms with Gasteiger partial charge in [-0.25, -0.2) is 0 Å². The van der Waals surface area contributed by atoms with E-state index in [1.807, 2.05) is 32.0 Å². The molecule has 2 atom stereocenters. The maximum atomic E-state index is 11.8. The first kappa shape index (κ1) is 11.6. The summed E-state index contributed by atoms with van der Waals surface area (Å²) in [5.41, 5.74) is 2.82. The molecule has 1 aliphatic rings. The third kappa shape index (κ3) is 2.46. The number of carbonyl (C=O) groups excluding carboxylic acids is 1. The van der Waals surface area contributed by atoms with Crippen LogP contribution >= 0.6 is 0 Å². The van der Waals surface area contributed by atoms with Crippen molar-refractivity contribution in [3.8, 4) is 0 Å². The number of carboxylic acids is 1. The molecule has 2 rings (SSSR count). The number of benzene rings is 1. The van der Waals surface area contributed by atoms with E-state index in [1.54, 1.807) is 0 Å². The van der Waals surface area contributed by atoms with Gasteiger partial charge >= 0.3 is 5.97 Å². The number of aryl methyl sites for hydroxylation is 2. The maximum Gasteiger partial charge on any atom is 0.307 e. The second kappa shape index (κ2) is 4.20. The Morgan fingerprint density at radius 2 is 2.00 bits per heavy atom. The minimum Gasteiger partial charge on any atom is -0.481 e. The first-order valence-corrected chi connectivity index (χ1v) is 5.60. The third-order valence-corrected chi connectivity index (χ3v) is 3.10. The monoisotopic (exact) mass is 233 g/mol. The fraction of sp³-hybridized carbons (Fsp3) is 0.385. The molecule has 0 radical (unpaired) electrons. The highest BCUT2D eigenvalue weighted by molar-refractivity contribution is 5.98. The SMILES string of the molecule is Cc1ccc(C)c(NC(=O)[C@@H]2C[C@@H]2C(=O)O)c1. The van der Waals surface area contributed by atoms with Gasteiger partial charge in [0, 0.05) is 5.69 Å². The molecule has 2 N–H and O–H groups in total. The van der Waals surface area contributed by atoms with E-state index in [4.69, 9.17) is 5.11 Å². The van der Waals surface area contributed by atoms with Crippen molar-refractivity contribution in [2.75, 3.05) is 5.32 Å². The summed E-state index contributed by atoms with van der Waals surface area (Å²) in [6.07, 6.45) is 0.450. The van der Waals surface area contributed by atoms with E-state index in [0.29, 0.717) is 6.42 Å². The molecule has 0 aromatic heterocycles. The van der Waals surface area contributed by atoms with Gasteiger partial charge in [0.1, 0.15) is 0 Å². The standard InChI is InChI=1S/C13H15NO3/c1-7-3-4-8(2)11(5-7)14-12(15)9-6-10(9)13(16)17/h3-5,9-10H,6H2,1-2H3,(H,14,15)(H,16,17)/t9-,10+/m1/s1. The topological polar surface area (TPSA) is 66.4 Å². The lowest BCUT2D eigenvalue weighted by Crippen LogP contribution is -2.17. The van der Waals surface area contributed by atoms with Crippen LogP contribution < -0.4 is 5.32 Å². The van der Waals surface area contributed by atoms with Crippen molar-refractivity contribution < 1.29 is 14.7 Å². The second-order valence-electron chi connectivity index (χ2n) is 4.59. The molecule has 1 saturated carbocycles. The first-order chi connectivity index (χ1) is 7.99. The van der Waals surface area contributed by atoms with Crippen LogP contribution in [0.5, 0.6) is 0 Å². The Kier molecular flexibility index (Phi) is 2.88. The third-order valence-electron chi connectivity index (χ3n) is 3.10. The summed E-state index contributed by atoms with van der Waals surface area (Å²) in [4.78, 5) is 22.4. The lowest BCUT2D eigenvalue weighted by Gasteiger charge is -2.08. The minimum absolute atomic E-state index is 0.189. The fourth-order valence-electron chi connectivity index (χ4n) is 1.85. The van der Waals surface area contributed by atoms with Crippen LogP contribution in [0.25, 0.3) is 0 Å². The van der Waals surface area contributed by atoms with Crippen LogP contribution in [0.2, 0.25) is 0 Å². The Labute approximate surface area is 99.6 Å². The maximum absolute atomic E-state index is 11.8. The normalized spacial score (nSPS) is 22.0. The van der Waals surface area contributed by atoms with Gasteiger partial charge in [-0.15, -0.1) is 0 Å². The number of carboxylic acid groups (broad SMARTS) is 1. The zero-order valence-electron chi connectivity index (χ0n) is 9.86. The number of rotatable bonds is 3. The quantitative estimate of drug-likeness (QED) is 0.838. The van der Waals surface area contributed by atoms with Gasteiger partial charge in [-0.3, -0.25) is 9.59 Å². The highest BCUT2D eigenvalue weighted by Crippen LogP contribution is 2.39. The molecule has 0 unspecified atom stereocenters. The van der Waals surface area contributed by atoms with Crippen molar-refractivity contribution in [3.63, 3.8) is 0 Å². The van der Waals surface area contributed by atoms with Crippen LogP contribution in [0.1, 0.15) is 17.5 Å². The van der Waals surface area contributed by atoms with Gasteiger partial charge in [-0.1, -0.05) is 12.1 Å². The Morgan fingerprint density at radius 3 is 2.59 bits per heavy atom. The number of nitrogens with one attached hydrogen (secondary N) is 1. The van der Waals surface area contributed by atoms with Crippen molar-refractivity contribution in [3.05, 3.63) is 29.3 Å².